The highest BCUT2D eigenvalue weighted by Crippen LogP contribution is 2.46. The zero-order valence-corrected chi connectivity index (χ0v) is 17.1. The quantitative estimate of drug-likeness (QED) is 0.768. The molecule has 0 aromatic heterocycles. The predicted octanol–water partition coefficient (Wildman–Crippen LogP) is 2.91. The van der Waals surface area contributed by atoms with Crippen LogP contribution in [0.1, 0.15) is 37.3 Å². The van der Waals surface area contributed by atoms with Gasteiger partial charge < -0.3 is 19.8 Å². The van der Waals surface area contributed by atoms with E-state index in [4.69, 9.17) is 4.74 Å². The number of hydrogen-bond donors (Lipinski definition) is 2. The van der Waals surface area contributed by atoms with Crippen LogP contribution in [-0.2, 0) is 4.79 Å². The number of aliphatic hydroxyl groups is 2. The number of fused-ring (bicyclic) bond motifs is 2. The summed E-state index contributed by atoms with van der Waals surface area (Å²) >= 11 is 0. The van der Waals surface area contributed by atoms with Gasteiger partial charge >= 0.3 is 0 Å². The first kappa shape index (κ1) is 18.7. The molecule has 2 aliphatic carbocycles. The standard InChI is InChI=1S/C24H25N3O4/c28-19-11-12-26-22(23(19)29)24(30)25(16-9-10-16)14-27(26)21-17-6-2-1-5-15(17)13-31-20-8-4-3-7-18(20)21/h1,3-5,7-8,11-12,16,19,21,28-29H,2,6,9-10,13-14H2. The molecule has 3 heterocycles. The Labute approximate surface area is 180 Å². The number of hydrazine groups is 1. The van der Waals surface area contributed by atoms with Crippen LogP contribution in [0.25, 0.3) is 0 Å². The van der Waals surface area contributed by atoms with Gasteiger partial charge in [0.2, 0.25) is 0 Å². The van der Waals surface area contributed by atoms with Crippen molar-refractivity contribution in [2.75, 3.05) is 13.3 Å². The summed E-state index contributed by atoms with van der Waals surface area (Å²) < 4.78 is 6.17. The number of amides is 1. The zero-order valence-electron chi connectivity index (χ0n) is 17.1. The summed E-state index contributed by atoms with van der Waals surface area (Å²) in [7, 11) is 0. The highest BCUT2D eigenvalue weighted by molar-refractivity contribution is 5.95. The Hall–Kier alpha value is -3.03. The molecule has 1 amide bonds. The van der Waals surface area contributed by atoms with Crippen LogP contribution in [-0.4, -0.2) is 56.5 Å². The second kappa shape index (κ2) is 7.00. The molecule has 31 heavy (non-hydrogen) atoms. The van der Waals surface area contributed by atoms with Gasteiger partial charge in [0, 0.05) is 17.8 Å². The number of hydrogen-bond acceptors (Lipinski definition) is 6. The van der Waals surface area contributed by atoms with E-state index in [-0.39, 0.29) is 29.4 Å². The first-order valence-corrected chi connectivity index (χ1v) is 10.9. The summed E-state index contributed by atoms with van der Waals surface area (Å²) in [5, 5.41) is 24.8. The van der Waals surface area contributed by atoms with Crippen molar-refractivity contribution in [1.29, 1.82) is 0 Å². The van der Waals surface area contributed by atoms with Crippen molar-refractivity contribution < 1.29 is 19.7 Å². The Morgan fingerprint density at radius 3 is 2.84 bits per heavy atom. The molecule has 5 aliphatic rings. The normalized spacial score (nSPS) is 28.2. The average Bonchev–Trinajstić information content (AvgIpc) is 3.63. The van der Waals surface area contributed by atoms with Crippen molar-refractivity contribution in [3.8, 4) is 5.75 Å². The molecule has 160 valence electrons. The largest absolute Gasteiger partial charge is 0.507 e. The molecule has 2 atom stereocenters. The molecule has 1 aromatic rings. The summed E-state index contributed by atoms with van der Waals surface area (Å²) in [4.78, 5) is 15.1. The minimum absolute atomic E-state index is 0.143. The minimum atomic E-state index is -1.17. The monoisotopic (exact) mass is 419 g/mol. The Kier molecular flexibility index (Phi) is 4.23. The van der Waals surface area contributed by atoms with E-state index in [1.807, 2.05) is 23.1 Å². The van der Waals surface area contributed by atoms with E-state index in [1.54, 1.807) is 11.2 Å². The van der Waals surface area contributed by atoms with Gasteiger partial charge in [-0.15, -0.1) is 0 Å². The van der Waals surface area contributed by atoms with Crippen LogP contribution in [0.5, 0.6) is 5.75 Å². The van der Waals surface area contributed by atoms with Crippen LogP contribution in [0.3, 0.4) is 0 Å². The summed E-state index contributed by atoms with van der Waals surface area (Å²) in [6, 6.07) is 8.09. The predicted molar refractivity (Wildman–Crippen MR) is 113 cm³/mol. The van der Waals surface area contributed by atoms with Crippen molar-refractivity contribution in [3.05, 3.63) is 76.9 Å². The lowest BCUT2D eigenvalue weighted by Crippen LogP contribution is -2.59. The third kappa shape index (κ3) is 2.91. The fourth-order valence-electron chi connectivity index (χ4n) is 5.01. The van der Waals surface area contributed by atoms with Crippen LogP contribution >= 0.6 is 0 Å². The van der Waals surface area contributed by atoms with Gasteiger partial charge in [-0.25, -0.2) is 0 Å². The highest BCUT2D eigenvalue weighted by Gasteiger charge is 2.48. The number of carbonyl (C=O) groups is 1. The number of allylic oxidation sites excluding steroid dienone is 1. The maximum atomic E-state index is 13.3. The highest BCUT2D eigenvalue weighted by atomic mass is 16.5. The lowest BCUT2D eigenvalue weighted by Gasteiger charge is -2.49. The molecule has 2 fully saturated rings. The molecule has 0 radical (unpaired) electrons. The van der Waals surface area contributed by atoms with E-state index in [0.717, 1.165) is 42.6 Å². The summed E-state index contributed by atoms with van der Waals surface area (Å²) in [5.74, 6) is 0.315. The first-order valence-electron chi connectivity index (χ1n) is 10.9. The maximum absolute atomic E-state index is 13.3. The van der Waals surface area contributed by atoms with Crippen molar-refractivity contribution >= 4 is 5.91 Å². The van der Waals surface area contributed by atoms with E-state index in [9.17, 15) is 15.0 Å². The number of carbonyl (C=O) groups excluding carboxylic acids is 1. The molecular weight excluding hydrogens is 394 g/mol. The number of rotatable bonds is 2. The number of para-hydroxylation sites is 1. The van der Waals surface area contributed by atoms with Gasteiger partial charge in [-0.3, -0.25) is 9.80 Å². The Bertz CT molecular complexity index is 1070. The maximum Gasteiger partial charge on any atom is 0.276 e. The molecular formula is C24H25N3O4. The number of benzene rings is 1. The van der Waals surface area contributed by atoms with Gasteiger partial charge in [-0.05, 0) is 49.0 Å². The van der Waals surface area contributed by atoms with Crippen molar-refractivity contribution in [3.63, 3.8) is 0 Å². The molecule has 1 saturated heterocycles. The first-order chi connectivity index (χ1) is 15.1. The molecule has 2 unspecified atom stereocenters. The van der Waals surface area contributed by atoms with Gasteiger partial charge in [0.15, 0.2) is 11.5 Å². The summed E-state index contributed by atoms with van der Waals surface area (Å²) in [6.07, 6.45) is 10.2. The van der Waals surface area contributed by atoms with Crippen LogP contribution < -0.4 is 4.74 Å². The number of nitrogens with zero attached hydrogens (tertiary/aromatic N) is 3. The topological polar surface area (TPSA) is 76.5 Å². The van der Waals surface area contributed by atoms with E-state index >= 15 is 0 Å². The second-order valence-corrected chi connectivity index (χ2v) is 8.67. The Morgan fingerprint density at radius 1 is 1.16 bits per heavy atom. The minimum Gasteiger partial charge on any atom is -0.507 e. The zero-order chi connectivity index (χ0) is 21.1. The molecule has 6 rings (SSSR count). The fraction of sp³-hybridized carbons (Fsp3) is 0.375. The van der Waals surface area contributed by atoms with Gasteiger partial charge in [0.1, 0.15) is 18.5 Å². The second-order valence-electron chi connectivity index (χ2n) is 8.67. The summed E-state index contributed by atoms with van der Waals surface area (Å²) in [5.41, 5.74) is 3.63. The van der Waals surface area contributed by atoms with Crippen molar-refractivity contribution in [1.82, 2.24) is 14.9 Å². The Balaban J connectivity index is 1.53. The van der Waals surface area contributed by atoms with Crippen molar-refractivity contribution in [2.45, 2.75) is 43.9 Å². The molecule has 0 bridgehead atoms. The van der Waals surface area contributed by atoms with Crippen LogP contribution in [0.2, 0.25) is 0 Å². The van der Waals surface area contributed by atoms with Gasteiger partial charge in [0.05, 0.1) is 12.7 Å². The molecule has 1 saturated carbocycles. The average molecular weight is 419 g/mol. The number of aliphatic hydroxyl groups excluding tert-OH is 2. The lowest BCUT2D eigenvalue weighted by atomic mass is 9.88. The van der Waals surface area contributed by atoms with Crippen LogP contribution in [0.4, 0.5) is 0 Å². The van der Waals surface area contributed by atoms with Crippen LogP contribution in [0.15, 0.2) is 71.3 Å². The Morgan fingerprint density at radius 2 is 2.00 bits per heavy atom. The van der Waals surface area contributed by atoms with E-state index in [2.05, 4.69) is 23.2 Å². The third-order valence-corrected chi connectivity index (χ3v) is 6.72. The fourth-order valence-corrected chi connectivity index (χ4v) is 5.01. The van der Waals surface area contributed by atoms with E-state index < -0.39 is 6.10 Å². The molecule has 2 N–H and O–H groups in total. The molecule has 7 nitrogen and oxygen atoms in total. The van der Waals surface area contributed by atoms with Crippen molar-refractivity contribution in [2.24, 2.45) is 0 Å². The SMILES string of the molecule is O=C1C2=C(O)C(O)C=CN2N(C2C3=C(C=CCC3)COc3ccccc32)CN1C1CC1. The lowest BCUT2D eigenvalue weighted by molar-refractivity contribution is -0.151. The molecule has 7 heteroatoms. The smallest absolute Gasteiger partial charge is 0.276 e. The third-order valence-electron chi connectivity index (χ3n) is 6.72. The molecule has 0 spiro atoms. The van der Waals surface area contributed by atoms with E-state index in [1.165, 1.54) is 11.6 Å². The van der Waals surface area contributed by atoms with Gasteiger partial charge in [-0.2, -0.15) is 5.01 Å². The summed E-state index contributed by atoms with van der Waals surface area (Å²) in [6.45, 7) is 0.932. The number of ether oxygens (including phenoxy) is 1. The molecule has 3 aliphatic heterocycles. The van der Waals surface area contributed by atoms with Gasteiger partial charge in [-0.1, -0.05) is 30.4 Å². The van der Waals surface area contributed by atoms with Gasteiger partial charge in [0.25, 0.3) is 5.91 Å². The molecule has 1 aromatic carbocycles. The van der Waals surface area contributed by atoms with E-state index in [0.29, 0.717) is 13.3 Å². The van der Waals surface area contributed by atoms with Crippen LogP contribution in [0, 0.1) is 0 Å².